The van der Waals surface area contributed by atoms with Crippen LogP contribution in [-0.2, 0) is 24.9 Å². The third kappa shape index (κ3) is 4.15. The van der Waals surface area contributed by atoms with E-state index in [1.807, 2.05) is 36.7 Å². The Bertz CT molecular complexity index is 1280. The zero-order valence-corrected chi connectivity index (χ0v) is 18.0. The van der Waals surface area contributed by atoms with Crippen molar-refractivity contribution >= 4 is 52.0 Å². The molecule has 162 valence electrons. The van der Waals surface area contributed by atoms with Gasteiger partial charge >= 0.3 is 0 Å². The first-order chi connectivity index (χ1) is 14.8. The molecule has 1 aromatic carbocycles. The van der Waals surface area contributed by atoms with Crippen molar-refractivity contribution in [1.29, 1.82) is 0 Å². The highest BCUT2D eigenvalue weighted by atomic mass is 35.5. The average molecular weight is 444 g/mol. The Morgan fingerprint density at radius 2 is 2.13 bits per heavy atom. The van der Waals surface area contributed by atoms with Gasteiger partial charge in [-0.2, -0.15) is 0 Å². The van der Waals surface area contributed by atoms with E-state index in [4.69, 9.17) is 27.2 Å². The van der Waals surface area contributed by atoms with Crippen LogP contribution in [0.25, 0.3) is 22.2 Å². The summed E-state index contributed by atoms with van der Waals surface area (Å²) in [6, 6.07) is 5.76. The van der Waals surface area contributed by atoms with Crippen LogP contribution in [0.3, 0.4) is 0 Å². The van der Waals surface area contributed by atoms with Crippen molar-refractivity contribution in [3.05, 3.63) is 46.5 Å². The van der Waals surface area contributed by atoms with Crippen LogP contribution in [0.5, 0.6) is 0 Å². The average Bonchev–Trinajstić information content (AvgIpc) is 3.22. The number of aromatic nitrogens is 5. The van der Waals surface area contributed by atoms with E-state index in [0.717, 1.165) is 29.0 Å². The smallest absolute Gasteiger partial charge is 0.276 e. The number of carboxylic acid groups (broad SMARTS) is 1. The quantitative estimate of drug-likeness (QED) is 0.311. The van der Waals surface area contributed by atoms with Gasteiger partial charge in [-0.1, -0.05) is 11.6 Å². The predicted molar refractivity (Wildman–Crippen MR) is 114 cm³/mol. The molecule has 0 spiro atoms. The number of amides is 1. The van der Waals surface area contributed by atoms with E-state index in [1.165, 1.54) is 0 Å². The molecule has 1 amide bonds. The molecule has 0 unspecified atom stereocenters. The molecule has 0 aliphatic carbocycles. The highest BCUT2D eigenvalue weighted by Crippen LogP contribution is 2.20. The van der Waals surface area contributed by atoms with Gasteiger partial charge in [0.15, 0.2) is 28.2 Å². The largest absolute Gasteiger partial charge is 0.554 e. The van der Waals surface area contributed by atoms with Crippen LogP contribution < -0.4 is 20.7 Å². The third-order valence-corrected chi connectivity index (χ3v) is 5.18. The molecule has 11 heteroatoms. The number of aromatic amines is 1. The van der Waals surface area contributed by atoms with E-state index in [-0.39, 0.29) is 17.4 Å². The van der Waals surface area contributed by atoms with E-state index < -0.39 is 6.47 Å². The van der Waals surface area contributed by atoms with Crippen LogP contribution in [0.4, 0.5) is 5.82 Å². The second-order valence-corrected chi connectivity index (χ2v) is 7.19. The number of imidazole rings is 1. The van der Waals surface area contributed by atoms with E-state index in [2.05, 4.69) is 31.8 Å². The molecular weight excluding hydrogens is 422 g/mol. The minimum absolute atomic E-state index is 0.0963. The summed E-state index contributed by atoms with van der Waals surface area (Å²) < 4.78 is 4.17. The lowest BCUT2D eigenvalue weighted by Gasteiger charge is -2.06. The number of carbonyl (C=O) groups excluding carboxylic acids is 2. The summed E-state index contributed by atoms with van der Waals surface area (Å²) in [5.74, 6) is 0.677. The van der Waals surface area contributed by atoms with Gasteiger partial charge in [0.25, 0.3) is 11.7 Å². The molecule has 0 saturated heterocycles. The SMILES string of the molecule is CCn1c(CNC(=O)c2nc3c(C)c[nH]c3nc2N)[n+](C)c2ccc(Cl)cc21.O=C[O-]. The van der Waals surface area contributed by atoms with E-state index in [1.54, 1.807) is 6.20 Å². The summed E-state index contributed by atoms with van der Waals surface area (Å²) in [4.78, 5) is 32.6. The van der Waals surface area contributed by atoms with Gasteiger partial charge in [-0.15, -0.1) is 0 Å². The molecule has 4 rings (SSSR count). The number of hydrogen-bond acceptors (Lipinski definition) is 6. The second kappa shape index (κ2) is 9.00. The van der Waals surface area contributed by atoms with E-state index in [9.17, 15) is 4.79 Å². The molecule has 0 bridgehead atoms. The fraction of sp³-hybridized carbons (Fsp3) is 0.250. The molecule has 0 saturated carbocycles. The molecule has 0 aliphatic rings. The van der Waals surface area contributed by atoms with E-state index in [0.29, 0.717) is 22.7 Å². The van der Waals surface area contributed by atoms with Crippen molar-refractivity contribution in [1.82, 2.24) is 24.8 Å². The first-order valence-corrected chi connectivity index (χ1v) is 9.81. The van der Waals surface area contributed by atoms with Gasteiger partial charge in [0.05, 0.1) is 13.6 Å². The van der Waals surface area contributed by atoms with Crippen molar-refractivity contribution in [2.24, 2.45) is 7.05 Å². The van der Waals surface area contributed by atoms with Crippen LogP contribution in [-0.4, -0.2) is 31.9 Å². The number of carbonyl (C=O) groups is 2. The molecule has 3 aromatic heterocycles. The zero-order valence-electron chi connectivity index (χ0n) is 17.3. The number of benzene rings is 1. The molecule has 10 nitrogen and oxygen atoms in total. The molecule has 3 heterocycles. The Labute approximate surface area is 182 Å². The monoisotopic (exact) mass is 443 g/mol. The number of nitrogens with one attached hydrogen (secondary N) is 2. The highest BCUT2D eigenvalue weighted by Gasteiger charge is 2.23. The van der Waals surface area contributed by atoms with Crippen molar-refractivity contribution in [2.75, 3.05) is 5.73 Å². The van der Waals surface area contributed by atoms with Gasteiger partial charge in [0.2, 0.25) is 0 Å². The molecule has 0 radical (unpaired) electrons. The Morgan fingerprint density at radius 1 is 1.42 bits per heavy atom. The lowest BCUT2D eigenvalue weighted by atomic mass is 10.3. The molecule has 4 N–H and O–H groups in total. The molecule has 0 aliphatic heterocycles. The van der Waals surface area contributed by atoms with Gasteiger partial charge < -0.3 is 25.9 Å². The van der Waals surface area contributed by atoms with Crippen molar-refractivity contribution in [3.8, 4) is 0 Å². The molecule has 0 fully saturated rings. The standard InChI is InChI=1S/C19H20ClN7O.CH2O2/c1-4-27-13-7-11(20)5-6-12(13)26(3)14(27)9-23-19(28)16-17(21)25-18-15(24-16)10(2)8-22-18;2-1-3/h5-8H,4,9H2,1-3H3,(H3-,21,22,23,24,25,28);1H,(H,2,3). The second-order valence-electron chi connectivity index (χ2n) is 6.76. The number of fused-ring (bicyclic) bond motifs is 2. The summed E-state index contributed by atoms with van der Waals surface area (Å²) in [6.45, 7) is 4.52. The summed E-state index contributed by atoms with van der Waals surface area (Å²) >= 11 is 6.16. The number of nitrogens with zero attached hydrogens (tertiary/aromatic N) is 4. The number of aryl methyl sites for hydroxylation is 3. The first kappa shape index (κ1) is 22.0. The van der Waals surface area contributed by atoms with Crippen molar-refractivity contribution in [3.63, 3.8) is 0 Å². The molecule has 4 aromatic rings. The zero-order chi connectivity index (χ0) is 22.7. The van der Waals surface area contributed by atoms with Gasteiger partial charge in [0, 0.05) is 23.8 Å². The van der Waals surface area contributed by atoms with Crippen molar-refractivity contribution in [2.45, 2.75) is 26.9 Å². The Morgan fingerprint density at radius 3 is 2.81 bits per heavy atom. The van der Waals surface area contributed by atoms with Crippen LogP contribution in [0.2, 0.25) is 5.02 Å². The third-order valence-electron chi connectivity index (χ3n) is 4.95. The number of nitrogens with two attached hydrogens (primary N) is 1. The molecule has 0 atom stereocenters. The molecular formula is C20H22ClN7O3. The molecule has 31 heavy (non-hydrogen) atoms. The van der Waals surface area contributed by atoms with Gasteiger partial charge in [-0.25, -0.2) is 19.1 Å². The summed E-state index contributed by atoms with van der Waals surface area (Å²) in [6.07, 6.45) is 1.79. The Hall–Kier alpha value is -3.66. The van der Waals surface area contributed by atoms with Crippen molar-refractivity contribution < 1.29 is 19.3 Å². The summed E-state index contributed by atoms with van der Waals surface area (Å²) in [5, 5.41) is 11.8. The number of nitrogen functional groups attached to an aromatic ring is 1. The maximum atomic E-state index is 12.8. The van der Waals surface area contributed by atoms with E-state index >= 15 is 0 Å². The summed E-state index contributed by atoms with van der Waals surface area (Å²) in [5.41, 5.74) is 10.3. The maximum absolute atomic E-state index is 12.8. The number of rotatable bonds is 4. The number of H-pyrrole nitrogens is 1. The lowest BCUT2D eigenvalue weighted by molar-refractivity contribution is -0.654. The minimum Gasteiger partial charge on any atom is -0.554 e. The minimum atomic E-state index is -0.500. The van der Waals surface area contributed by atoms with Crippen LogP contribution in [0.1, 0.15) is 28.8 Å². The first-order valence-electron chi connectivity index (χ1n) is 9.44. The lowest BCUT2D eigenvalue weighted by Crippen LogP contribution is -2.38. The highest BCUT2D eigenvalue weighted by molar-refractivity contribution is 6.31. The van der Waals surface area contributed by atoms with Gasteiger partial charge in [-0.3, -0.25) is 4.79 Å². The fourth-order valence-corrected chi connectivity index (χ4v) is 3.67. The van der Waals surface area contributed by atoms with Crippen LogP contribution in [0, 0.1) is 6.92 Å². The van der Waals surface area contributed by atoms with Gasteiger partial charge in [-0.05, 0) is 31.5 Å². The van der Waals surface area contributed by atoms with Gasteiger partial charge in [0.1, 0.15) is 12.1 Å². The normalized spacial score (nSPS) is 10.7. The Balaban J connectivity index is 0.000000858. The predicted octanol–water partition coefficient (Wildman–Crippen LogP) is 0.597. The topological polar surface area (TPSA) is 146 Å². The number of anilines is 1. The fourth-order valence-electron chi connectivity index (χ4n) is 3.50. The van der Waals surface area contributed by atoms with Crippen LogP contribution >= 0.6 is 11.6 Å². The number of hydrogen-bond donors (Lipinski definition) is 3. The van der Waals surface area contributed by atoms with Crippen LogP contribution in [0.15, 0.2) is 24.4 Å². The number of halogens is 1. The summed E-state index contributed by atoms with van der Waals surface area (Å²) in [7, 11) is 1.97. The Kier molecular flexibility index (Phi) is 6.40. The maximum Gasteiger partial charge on any atom is 0.276 e.